The lowest BCUT2D eigenvalue weighted by molar-refractivity contribution is -0.137. The smallest absolute Gasteiger partial charge is 0.304 e. The summed E-state index contributed by atoms with van der Waals surface area (Å²) < 4.78 is 24.8. The van der Waals surface area contributed by atoms with Crippen molar-refractivity contribution in [3.8, 4) is 0 Å². The molecule has 0 aliphatic heterocycles. The van der Waals surface area contributed by atoms with Crippen molar-refractivity contribution in [3.63, 3.8) is 0 Å². The fourth-order valence-electron chi connectivity index (χ4n) is 3.73. The molecular weight excluding hydrogens is 360 g/mol. The molecule has 0 bridgehead atoms. The largest absolute Gasteiger partial charge is 0.481 e. The van der Waals surface area contributed by atoms with Crippen molar-refractivity contribution >= 4 is 16.7 Å². The molecule has 1 unspecified atom stereocenters. The summed E-state index contributed by atoms with van der Waals surface area (Å²) in [6.45, 7) is 0. The fourth-order valence-corrected chi connectivity index (χ4v) is 4.80. The quantitative estimate of drug-likeness (QED) is 0.486. The third kappa shape index (κ3) is 3.64. The minimum atomic E-state index is -3.04. The highest BCUT2D eigenvalue weighted by Crippen LogP contribution is 2.44. The molecule has 3 rings (SSSR count). The summed E-state index contributed by atoms with van der Waals surface area (Å²) >= 11 is 0. The molecule has 138 valence electrons. The molecule has 0 saturated carbocycles. The molecule has 0 radical (unpaired) electrons. The summed E-state index contributed by atoms with van der Waals surface area (Å²) in [5.74, 6) is -1.15. The maximum atomic E-state index is 12.4. The first-order valence-electron chi connectivity index (χ1n) is 8.58. The Morgan fingerprint density at radius 3 is 1.33 bits per heavy atom. The Balaban J connectivity index is 2.44. The minimum Gasteiger partial charge on any atom is -0.481 e. The van der Waals surface area contributed by atoms with E-state index in [9.17, 15) is 18.3 Å². The molecule has 0 saturated heterocycles. The lowest BCUT2D eigenvalue weighted by Crippen LogP contribution is -2.44. The number of thiol groups is 1. The number of hydrogen-bond acceptors (Lipinski definition) is 3. The van der Waals surface area contributed by atoms with Crippen molar-refractivity contribution in [3.05, 3.63) is 108 Å². The van der Waals surface area contributed by atoms with Crippen molar-refractivity contribution in [2.75, 3.05) is 0 Å². The number of hydrogen-bond donors (Lipinski definition) is 2. The lowest BCUT2D eigenvalue weighted by Gasteiger charge is -2.39. The summed E-state index contributed by atoms with van der Waals surface area (Å²) in [7, 11) is -3.04. The van der Waals surface area contributed by atoms with Gasteiger partial charge in [0.1, 0.15) is 10.7 Å². The number of carbonyl (C=O) groups is 1. The van der Waals surface area contributed by atoms with E-state index in [0.29, 0.717) is 0 Å². The highest BCUT2D eigenvalue weighted by molar-refractivity contribution is 7.73. The van der Waals surface area contributed by atoms with Crippen LogP contribution in [-0.2, 0) is 20.9 Å². The summed E-state index contributed by atoms with van der Waals surface area (Å²) in [6.07, 6.45) is -0.489. The number of carboxylic acid groups (broad SMARTS) is 1. The van der Waals surface area contributed by atoms with Gasteiger partial charge < -0.3 is 5.11 Å². The first-order valence-corrected chi connectivity index (χ1v) is 9.83. The molecule has 27 heavy (non-hydrogen) atoms. The van der Waals surface area contributed by atoms with E-state index in [4.69, 9.17) is 0 Å². The zero-order valence-corrected chi connectivity index (χ0v) is 15.5. The van der Waals surface area contributed by atoms with Crippen molar-refractivity contribution in [1.82, 2.24) is 0 Å². The number of rotatable bonds is 7. The van der Waals surface area contributed by atoms with Gasteiger partial charge in [-0.05, 0) is 16.7 Å². The molecule has 1 N–H and O–H groups in total. The zero-order valence-electron chi connectivity index (χ0n) is 14.6. The van der Waals surface area contributed by atoms with E-state index in [1.54, 1.807) is 0 Å². The van der Waals surface area contributed by atoms with Crippen molar-refractivity contribution in [2.45, 2.75) is 17.1 Å². The first kappa shape index (κ1) is 18.9. The summed E-state index contributed by atoms with van der Waals surface area (Å²) in [5.41, 5.74) is 1.10. The molecule has 0 aliphatic carbocycles. The van der Waals surface area contributed by atoms with Crippen molar-refractivity contribution in [1.29, 1.82) is 0 Å². The van der Waals surface area contributed by atoms with Gasteiger partial charge in [-0.2, -0.15) is 0 Å². The van der Waals surface area contributed by atoms with E-state index in [1.165, 1.54) is 0 Å². The third-order valence-electron chi connectivity index (χ3n) is 4.81. The van der Waals surface area contributed by atoms with Gasteiger partial charge in [-0.1, -0.05) is 91.0 Å². The Morgan fingerprint density at radius 2 is 1.07 bits per heavy atom. The van der Waals surface area contributed by atoms with Crippen LogP contribution >= 0.6 is 0 Å². The highest BCUT2D eigenvalue weighted by atomic mass is 32.2. The Morgan fingerprint density at radius 1 is 0.741 bits per heavy atom. The number of aliphatic carboxylic acids is 1. The highest BCUT2D eigenvalue weighted by Gasteiger charge is 2.46. The van der Waals surface area contributed by atoms with Crippen LogP contribution < -0.4 is 0 Å². The van der Waals surface area contributed by atoms with Gasteiger partial charge in [0.2, 0.25) is 0 Å². The van der Waals surface area contributed by atoms with Crippen LogP contribution in [-0.4, -0.2) is 24.7 Å². The molecule has 5 heteroatoms. The molecule has 0 fully saturated rings. The third-order valence-corrected chi connectivity index (χ3v) is 5.89. The second kappa shape index (κ2) is 8.18. The Bertz CT molecular complexity index is 862. The van der Waals surface area contributed by atoms with Gasteiger partial charge in [-0.25, -0.2) is 8.42 Å². The zero-order chi connectivity index (χ0) is 19.3. The monoisotopic (exact) mass is 380 g/mol. The van der Waals surface area contributed by atoms with Crippen LogP contribution in [0, 0.1) is 0 Å². The van der Waals surface area contributed by atoms with Crippen LogP contribution in [0.1, 0.15) is 23.1 Å². The summed E-state index contributed by atoms with van der Waals surface area (Å²) in [4.78, 5) is 11.6. The van der Waals surface area contributed by atoms with E-state index in [1.807, 2.05) is 91.0 Å². The maximum Gasteiger partial charge on any atom is 0.304 e. The van der Waals surface area contributed by atoms with E-state index >= 15 is 0 Å². The molecule has 3 aromatic carbocycles. The Kier molecular flexibility index (Phi) is 5.72. The average molecular weight is 380 g/mol. The average Bonchev–Trinajstić information content (AvgIpc) is 2.70. The summed E-state index contributed by atoms with van der Waals surface area (Å²) in [5, 5.41) is 8.33. The summed E-state index contributed by atoms with van der Waals surface area (Å²) in [6, 6.07) is 27.7. The number of benzene rings is 3. The SMILES string of the molecule is O=C(O)CC([SH](=O)=O)C(c1ccccc1)(c1ccccc1)c1ccccc1. The molecule has 0 heterocycles. The van der Waals surface area contributed by atoms with E-state index in [2.05, 4.69) is 0 Å². The molecule has 0 spiro atoms. The first-order chi connectivity index (χ1) is 13.1. The molecule has 4 nitrogen and oxygen atoms in total. The van der Waals surface area contributed by atoms with Gasteiger partial charge in [-0.15, -0.1) is 0 Å². The van der Waals surface area contributed by atoms with E-state index < -0.39 is 33.8 Å². The van der Waals surface area contributed by atoms with Gasteiger partial charge in [0.15, 0.2) is 0 Å². The molecule has 0 aliphatic rings. The Labute approximate surface area is 160 Å². The van der Waals surface area contributed by atoms with E-state index in [0.717, 1.165) is 16.7 Å². The molecule has 0 amide bonds. The lowest BCUT2D eigenvalue weighted by atomic mass is 9.66. The van der Waals surface area contributed by atoms with Gasteiger partial charge in [0.25, 0.3) is 0 Å². The standard InChI is InChI=1S/C22H20O4S/c23-21(24)16-20(27(25)26)22(17-10-4-1-5-11-17,18-12-6-2-7-13-18)19-14-8-3-9-15-19/h1-15,20,27H,16H2,(H,23,24). The minimum absolute atomic E-state index is 0.489. The van der Waals surface area contributed by atoms with Crippen molar-refractivity contribution < 1.29 is 18.3 Å². The predicted octanol–water partition coefficient (Wildman–Crippen LogP) is 3.48. The van der Waals surface area contributed by atoms with Crippen molar-refractivity contribution in [2.24, 2.45) is 0 Å². The van der Waals surface area contributed by atoms with E-state index in [-0.39, 0.29) is 0 Å². The van der Waals surface area contributed by atoms with Gasteiger partial charge in [-0.3, -0.25) is 4.79 Å². The van der Waals surface area contributed by atoms with Crippen LogP contribution in [0.25, 0.3) is 0 Å². The van der Waals surface area contributed by atoms with Crippen LogP contribution in [0.4, 0.5) is 0 Å². The van der Waals surface area contributed by atoms with Gasteiger partial charge in [0.05, 0.1) is 17.1 Å². The Hall–Kier alpha value is -2.92. The van der Waals surface area contributed by atoms with Gasteiger partial charge in [0, 0.05) is 0 Å². The predicted molar refractivity (Wildman–Crippen MR) is 106 cm³/mol. The molecule has 3 aromatic rings. The molecule has 0 aromatic heterocycles. The molecular formula is C22H20O4S. The topological polar surface area (TPSA) is 71.4 Å². The van der Waals surface area contributed by atoms with Gasteiger partial charge >= 0.3 is 5.97 Å². The second-order valence-electron chi connectivity index (χ2n) is 6.31. The molecule has 1 atom stereocenters. The van der Waals surface area contributed by atoms with Crippen LogP contribution in [0.5, 0.6) is 0 Å². The second-order valence-corrected chi connectivity index (χ2v) is 7.50. The number of carboxylic acids is 1. The maximum absolute atomic E-state index is 12.4. The normalized spacial score (nSPS) is 12.6. The van der Waals surface area contributed by atoms with Crippen LogP contribution in [0.3, 0.4) is 0 Å². The fraction of sp³-hybridized carbons (Fsp3) is 0.136. The van der Waals surface area contributed by atoms with Crippen LogP contribution in [0.2, 0.25) is 0 Å². The van der Waals surface area contributed by atoms with Crippen LogP contribution in [0.15, 0.2) is 91.0 Å².